The smallest absolute Gasteiger partial charge is 0.395 e. The Morgan fingerprint density at radius 3 is 2.73 bits per heavy atom. The molecule has 0 radical (unpaired) electrons. The second-order valence-corrected chi connectivity index (χ2v) is 8.54. The number of amides is 1. The zero-order valence-corrected chi connectivity index (χ0v) is 18.8. The zero-order chi connectivity index (χ0) is 23.4. The number of carbonyl (C=O) groups excluding carboxylic acids is 1. The van der Waals surface area contributed by atoms with E-state index in [1.165, 1.54) is 18.2 Å². The Labute approximate surface area is 193 Å². The number of aromatic nitrogens is 2. The molecule has 10 heteroatoms. The van der Waals surface area contributed by atoms with Crippen LogP contribution in [0.2, 0.25) is 0 Å². The van der Waals surface area contributed by atoms with Crippen molar-refractivity contribution in [1.82, 2.24) is 9.55 Å². The summed E-state index contributed by atoms with van der Waals surface area (Å²) in [6.07, 6.45) is 0.300. The largest absolute Gasteiger partial charge is 0.586 e. The highest BCUT2D eigenvalue weighted by Crippen LogP contribution is 2.42. The van der Waals surface area contributed by atoms with Crippen molar-refractivity contribution in [1.29, 1.82) is 0 Å². The van der Waals surface area contributed by atoms with E-state index in [9.17, 15) is 18.4 Å². The van der Waals surface area contributed by atoms with Gasteiger partial charge in [0.15, 0.2) is 16.7 Å². The summed E-state index contributed by atoms with van der Waals surface area (Å²) in [6, 6.07) is 11.2. The lowest BCUT2D eigenvalue weighted by molar-refractivity contribution is -0.286. The maximum absolute atomic E-state index is 13.2. The normalized spacial score (nSPS) is 13.9. The summed E-state index contributed by atoms with van der Waals surface area (Å²) < 4.78 is 36.8. The van der Waals surface area contributed by atoms with E-state index in [0.717, 1.165) is 37.4 Å². The molecule has 0 fully saturated rings. The molecule has 0 saturated carbocycles. The third-order valence-electron chi connectivity index (χ3n) is 5.08. The number of benzene rings is 2. The van der Waals surface area contributed by atoms with Gasteiger partial charge in [-0.3, -0.25) is 14.2 Å². The van der Waals surface area contributed by atoms with Gasteiger partial charge in [-0.05, 0) is 30.7 Å². The molecule has 0 atom stereocenters. The van der Waals surface area contributed by atoms with E-state index in [1.807, 2.05) is 6.07 Å². The molecule has 174 valence electrons. The fourth-order valence-corrected chi connectivity index (χ4v) is 4.33. The van der Waals surface area contributed by atoms with E-state index in [2.05, 4.69) is 26.7 Å². The number of nitrogens with zero attached hydrogens (tertiary/aromatic N) is 2. The number of hydrogen-bond donors (Lipinski definition) is 1. The zero-order valence-electron chi connectivity index (χ0n) is 18.0. The van der Waals surface area contributed by atoms with Gasteiger partial charge in [-0.2, -0.15) is 0 Å². The summed E-state index contributed by atoms with van der Waals surface area (Å²) in [6.45, 7) is 2.65. The lowest BCUT2D eigenvalue weighted by atomic mass is 10.2. The first kappa shape index (κ1) is 23.0. The summed E-state index contributed by atoms with van der Waals surface area (Å²) in [5.41, 5.74) is 0.743. The number of fused-ring (bicyclic) bond motifs is 2. The number of para-hydroxylation sites is 1. The van der Waals surface area contributed by atoms with Crippen LogP contribution in [0.25, 0.3) is 10.9 Å². The van der Waals surface area contributed by atoms with Crippen LogP contribution in [0, 0.1) is 0 Å². The monoisotopic (exact) mass is 475 g/mol. The molecule has 3 aromatic rings. The van der Waals surface area contributed by atoms with Crippen molar-refractivity contribution in [2.45, 2.75) is 50.6 Å². The average molecular weight is 476 g/mol. The van der Waals surface area contributed by atoms with Gasteiger partial charge in [0.05, 0.1) is 16.7 Å². The maximum atomic E-state index is 13.2. The molecule has 0 spiro atoms. The lowest BCUT2D eigenvalue weighted by Gasteiger charge is -2.13. The quantitative estimate of drug-likeness (QED) is 0.266. The molecule has 2 heterocycles. The first-order valence-electron chi connectivity index (χ1n) is 10.7. The van der Waals surface area contributed by atoms with Crippen LogP contribution in [0.4, 0.5) is 14.5 Å². The van der Waals surface area contributed by atoms with E-state index in [1.54, 1.807) is 22.8 Å². The summed E-state index contributed by atoms with van der Waals surface area (Å²) in [5.74, 6) is -0.627. The second kappa shape index (κ2) is 9.78. The number of anilines is 1. The van der Waals surface area contributed by atoms with Crippen molar-refractivity contribution in [3.05, 3.63) is 52.8 Å². The number of halogens is 2. The summed E-state index contributed by atoms with van der Waals surface area (Å²) in [7, 11) is 0. The fraction of sp³-hybridized carbons (Fsp3) is 0.348. The maximum Gasteiger partial charge on any atom is 0.586 e. The molecular weight excluding hydrogens is 452 g/mol. The highest BCUT2D eigenvalue weighted by Gasteiger charge is 2.43. The predicted molar refractivity (Wildman–Crippen MR) is 122 cm³/mol. The molecule has 4 rings (SSSR count). The van der Waals surface area contributed by atoms with Crippen LogP contribution in [0.5, 0.6) is 11.5 Å². The minimum absolute atomic E-state index is 0.00958. The van der Waals surface area contributed by atoms with E-state index >= 15 is 0 Å². The number of ether oxygens (including phenoxy) is 2. The Bertz CT molecular complexity index is 1230. The molecule has 1 aromatic heterocycles. The molecule has 0 bridgehead atoms. The number of nitrogens with one attached hydrogen (secondary N) is 1. The van der Waals surface area contributed by atoms with Crippen LogP contribution in [-0.2, 0) is 11.3 Å². The molecule has 33 heavy (non-hydrogen) atoms. The summed E-state index contributed by atoms with van der Waals surface area (Å²) in [5, 5.41) is 3.65. The molecule has 0 unspecified atom stereocenters. The van der Waals surface area contributed by atoms with Gasteiger partial charge < -0.3 is 14.8 Å². The van der Waals surface area contributed by atoms with Crippen LogP contribution in [0.3, 0.4) is 0 Å². The summed E-state index contributed by atoms with van der Waals surface area (Å²) >= 11 is 1.16. The van der Waals surface area contributed by atoms with Crippen molar-refractivity contribution < 1.29 is 23.0 Å². The third kappa shape index (κ3) is 5.44. The highest BCUT2D eigenvalue weighted by molar-refractivity contribution is 7.99. The molecule has 7 nitrogen and oxygen atoms in total. The molecule has 2 aromatic carbocycles. The number of carbonyl (C=O) groups is 1. The highest BCUT2D eigenvalue weighted by atomic mass is 32.2. The lowest BCUT2D eigenvalue weighted by Crippen LogP contribution is -2.25. The van der Waals surface area contributed by atoms with Crippen molar-refractivity contribution in [3.63, 3.8) is 0 Å². The predicted octanol–water partition coefficient (Wildman–Crippen LogP) is 5.03. The van der Waals surface area contributed by atoms with Gasteiger partial charge in [0, 0.05) is 18.3 Å². The van der Waals surface area contributed by atoms with Crippen molar-refractivity contribution in [3.8, 4) is 11.5 Å². The van der Waals surface area contributed by atoms with E-state index in [0.29, 0.717) is 28.3 Å². The molecule has 0 saturated heterocycles. The van der Waals surface area contributed by atoms with Gasteiger partial charge in [-0.15, -0.1) is 8.78 Å². The summed E-state index contributed by atoms with van der Waals surface area (Å²) in [4.78, 5) is 30.1. The van der Waals surface area contributed by atoms with Crippen molar-refractivity contribution in [2.75, 3.05) is 11.1 Å². The number of hydrogen-bond acceptors (Lipinski definition) is 6. The van der Waals surface area contributed by atoms with Gasteiger partial charge in [-0.25, -0.2) is 4.98 Å². The van der Waals surface area contributed by atoms with E-state index in [4.69, 9.17) is 0 Å². The number of rotatable bonds is 9. The van der Waals surface area contributed by atoms with Crippen molar-refractivity contribution >= 4 is 34.3 Å². The van der Waals surface area contributed by atoms with Crippen LogP contribution in [-0.4, -0.2) is 27.5 Å². The molecule has 1 amide bonds. The SMILES string of the molecule is CCCCCCn1c(SCC(=O)Nc2ccc3c(c2)OC(F)(F)O3)nc2ccccc2c1=O. The average Bonchev–Trinajstić information content (AvgIpc) is 3.09. The van der Waals surface area contributed by atoms with Crippen LogP contribution < -0.4 is 20.3 Å². The van der Waals surface area contributed by atoms with Gasteiger partial charge in [0.2, 0.25) is 5.91 Å². The van der Waals surface area contributed by atoms with E-state index < -0.39 is 6.29 Å². The minimum atomic E-state index is -3.72. The number of thioether (sulfide) groups is 1. The van der Waals surface area contributed by atoms with Gasteiger partial charge in [0.1, 0.15) is 0 Å². The topological polar surface area (TPSA) is 82.5 Å². The molecule has 1 aliphatic rings. The fourth-order valence-electron chi connectivity index (χ4n) is 3.51. The Hall–Kier alpha value is -3.14. The van der Waals surface area contributed by atoms with Crippen molar-refractivity contribution in [2.24, 2.45) is 0 Å². The number of alkyl halides is 2. The second-order valence-electron chi connectivity index (χ2n) is 7.59. The third-order valence-corrected chi connectivity index (χ3v) is 6.06. The van der Waals surface area contributed by atoms with Crippen LogP contribution in [0.15, 0.2) is 52.4 Å². The molecule has 1 aliphatic heterocycles. The minimum Gasteiger partial charge on any atom is -0.395 e. The van der Waals surface area contributed by atoms with Gasteiger partial charge in [-0.1, -0.05) is 50.1 Å². The Balaban J connectivity index is 1.47. The first-order chi connectivity index (χ1) is 15.9. The van der Waals surface area contributed by atoms with E-state index in [-0.39, 0.29) is 28.7 Å². The molecule has 0 aliphatic carbocycles. The van der Waals surface area contributed by atoms with Crippen LogP contribution >= 0.6 is 11.8 Å². The van der Waals surface area contributed by atoms with Gasteiger partial charge >= 0.3 is 6.29 Å². The van der Waals surface area contributed by atoms with Gasteiger partial charge in [0.25, 0.3) is 5.56 Å². The Morgan fingerprint density at radius 1 is 1.12 bits per heavy atom. The Kier molecular flexibility index (Phi) is 6.83. The molecular formula is C23H23F2N3O4S. The standard InChI is InChI=1S/C23H23F2N3O4S/c1-2-3-4-7-12-28-21(30)16-8-5-6-9-17(16)27-22(28)33-14-20(29)26-15-10-11-18-19(13-15)32-23(24,25)31-18/h5-6,8-11,13H,2-4,7,12,14H2,1H3,(H,26,29). The number of unbranched alkanes of at least 4 members (excludes halogenated alkanes) is 3. The molecule has 1 N–H and O–H groups in total. The van der Waals surface area contributed by atoms with Crippen LogP contribution in [0.1, 0.15) is 32.6 Å². The first-order valence-corrected chi connectivity index (χ1v) is 11.7. The Morgan fingerprint density at radius 2 is 1.91 bits per heavy atom.